The Morgan fingerprint density at radius 1 is 0.750 bits per heavy atom. The first-order chi connectivity index (χ1) is 12.9. The molecule has 0 saturated carbocycles. The molecule has 28 heavy (non-hydrogen) atoms. The molecule has 0 aromatic rings. The number of carbonyl (C=O) groups is 4. The molecule has 0 aliphatic carbocycles. The standard InChI is InChI=1S/C16H30N4O6S2/c1-7(2)11(15(23)24)19-13(21)9(17)5-27-28-6-10(18)14(22)20-12(8(3)4)16(25)26/h7-12H,5-6,17-18H2,1-4H3,(H,19,21)(H,20,22)(H,23,24)(H,25,26)/t9-,10-,11+,12+/m0/s1. The number of carboxylic acid groups (broad SMARTS) is 2. The van der Waals surface area contributed by atoms with Crippen LogP contribution in [0.15, 0.2) is 0 Å². The average molecular weight is 439 g/mol. The van der Waals surface area contributed by atoms with Gasteiger partial charge in [0.05, 0.1) is 12.1 Å². The molecule has 0 heterocycles. The number of hydrogen-bond donors (Lipinski definition) is 6. The summed E-state index contributed by atoms with van der Waals surface area (Å²) in [6.07, 6.45) is 0. The summed E-state index contributed by atoms with van der Waals surface area (Å²) in [4.78, 5) is 46.2. The molecule has 0 spiro atoms. The fraction of sp³-hybridized carbons (Fsp3) is 0.750. The third kappa shape index (κ3) is 9.62. The number of nitrogens with two attached hydrogens (primary N) is 2. The van der Waals surface area contributed by atoms with Crippen molar-refractivity contribution in [2.45, 2.75) is 51.9 Å². The van der Waals surface area contributed by atoms with E-state index in [1.54, 1.807) is 27.7 Å². The molecule has 162 valence electrons. The van der Waals surface area contributed by atoms with Gasteiger partial charge in [0, 0.05) is 11.5 Å². The maximum atomic E-state index is 12.0. The second-order valence-electron chi connectivity index (χ2n) is 6.92. The Hall–Kier alpha value is -1.50. The molecule has 0 rings (SSSR count). The molecule has 0 unspecified atom stereocenters. The van der Waals surface area contributed by atoms with E-state index >= 15 is 0 Å². The van der Waals surface area contributed by atoms with Gasteiger partial charge in [-0.05, 0) is 11.8 Å². The van der Waals surface area contributed by atoms with Crippen molar-refractivity contribution in [3.8, 4) is 0 Å². The van der Waals surface area contributed by atoms with Crippen LogP contribution in [0.25, 0.3) is 0 Å². The zero-order valence-electron chi connectivity index (χ0n) is 16.4. The third-order valence-electron chi connectivity index (χ3n) is 3.71. The minimum atomic E-state index is -1.13. The highest BCUT2D eigenvalue weighted by molar-refractivity contribution is 8.76. The van der Waals surface area contributed by atoms with Crippen molar-refractivity contribution >= 4 is 45.3 Å². The molecule has 0 aliphatic heterocycles. The average Bonchev–Trinajstić information content (AvgIpc) is 2.58. The van der Waals surface area contributed by atoms with Crippen molar-refractivity contribution in [2.24, 2.45) is 23.3 Å². The van der Waals surface area contributed by atoms with Gasteiger partial charge in [-0.25, -0.2) is 9.59 Å². The lowest BCUT2D eigenvalue weighted by Gasteiger charge is -2.21. The van der Waals surface area contributed by atoms with Crippen molar-refractivity contribution < 1.29 is 29.4 Å². The molecule has 0 aromatic carbocycles. The van der Waals surface area contributed by atoms with Gasteiger partial charge in [-0.1, -0.05) is 49.3 Å². The Kier molecular flexibility index (Phi) is 12.2. The lowest BCUT2D eigenvalue weighted by Crippen LogP contribution is -2.51. The molecule has 8 N–H and O–H groups in total. The molecule has 0 saturated heterocycles. The van der Waals surface area contributed by atoms with Gasteiger partial charge in [-0.3, -0.25) is 9.59 Å². The molecule has 2 amide bonds. The van der Waals surface area contributed by atoms with Crippen LogP contribution in [0.1, 0.15) is 27.7 Å². The number of carbonyl (C=O) groups excluding carboxylic acids is 2. The van der Waals surface area contributed by atoms with Gasteiger partial charge in [0.2, 0.25) is 11.8 Å². The lowest BCUT2D eigenvalue weighted by molar-refractivity contribution is -0.143. The predicted molar refractivity (Wildman–Crippen MR) is 110 cm³/mol. The van der Waals surface area contributed by atoms with Crippen molar-refractivity contribution in [3.05, 3.63) is 0 Å². The van der Waals surface area contributed by atoms with Crippen LogP contribution < -0.4 is 22.1 Å². The number of carboxylic acids is 2. The smallest absolute Gasteiger partial charge is 0.326 e. The topological polar surface area (TPSA) is 185 Å². The second-order valence-corrected chi connectivity index (χ2v) is 9.47. The molecule has 10 nitrogen and oxygen atoms in total. The van der Waals surface area contributed by atoms with Crippen LogP contribution in [0.3, 0.4) is 0 Å². The van der Waals surface area contributed by atoms with Crippen LogP contribution in [-0.4, -0.2) is 69.6 Å². The SMILES string of the molecule is CC(C)[C@@H](NC(=O)[C@@H](N)CSSC[C@H](N)C(=O)N[C@@H](C(=O)O)C(C)C)C(=O)O. The molecule has 12 heteroatoms. The third-order valence-corrected chi connectivity index (χ3v) is 6.19. The van der Waals surface area contributed by atoms with E-state index in [0.717, 1.165) is 0 Å². The normalized spacial score (nSPS) is 15.6. The number of rotatable bonds is 13. The van der Waals surface area contributed by atoms with E-state index in [9.17, 15) is 19.2 Å². The molecule has 0 bridgehead atoms. The van der Waals surface area contributed by atoms with Gasteiger partial charge in [-0.2, -0.15) is 0 Å². The second kappa shape index (κ2) is 12.9. The molecular weight excluding hydrogens is 408 g/mol. The van der Waals surface area contributed by atoms with E-state index < -0.39 is 47.9 Å². The summed E-state index contributed by atoms with van der Waals surface area (Å²) in [6, 6.07) is -3.87. The first kappa shape index (κ1) is 26.5. The van der Waals surface area contributed by atoms with E-state index in [2.05, 4.69) is 10.6 Å². The molecule has 0 aliphatic rings. The fourth-order valence-corrected chi connectivity index (χ4v) is 4.19. The Morgan fingerprint density at radius 3 is 1.25 bits per heavy atom. The highest BCUT2D eigenvalue weighted by atomic mass is 33.1. The molecule has 0 radical (unpaired) electrons. The Bertz CT molecular complexity index is 513. The first-order valence-electron chi connectivity index (χ1n) is 8.70. The molecule has 0 fully saturated rings. The van der Waals surface area contributed by atoms with Gasteiger partial charge >= 0.3 is 11.9 Å². The highest BCUT2D eigenvalue weighted by Crippen LogP contribution is 2.22. The summed E-state index contributed by atoms with van der Waals surface area (Å²) >= 11 is 0. The van der Waals surface area contributed by atoms with Gasteiger partial charge < -0.3 is 32.3 Å². The summed E-state index contributed by atoms with van der Waals surface area (Å²) in [5.41, 5.74) is 11.5. The largest absolute Gasteiger partial charge is 0.480 e. The van der Waals surface area contributed by atoms with Crippen LogP contribution in [0.2, 0.25) is 0 Å². The summed E-state index contributed by atoms with van der Waals surface area (Å²) in [6.45, 7) is 6.71. The Morgan fingerprint density at radius 2 is 1.04 bits per heavy atom. The highest BCUT2D eigenvalue weighted by Gasteiger charge is 2.27. The summed E-state index contributed by atoms with van der Waals surface area (Å²) in [7, 11) is 2.44. The van der Waals surface area contributed by atoms with Gasteiger partial charge in [0.1, 0.15) is 12.1 Å². The minimum Gasteiger partial charge on any atom is -0.480 e. The van der Waals surface area contributed by atoms with Crippen molar-refractivity contribution in [2.75, 3.05) is 11.5 Å². The minimum absolute atomic E-state index is 0.193. The first-order valence-corrected chi connectivity index (χ1v) is 11.2. The van der Waals surface area contributed by atoms with E-state index in [0.29, 0.717) is 0 Å². The van der Waals surface area contributed by atoms with Crippen LogP contribution in [0.5, 0.6) is 0 Å². The molecular formula is C16H30N4O6S2. The van der Waals surface area contributed by atoms with E-state index in [4.69, 9.17) is 21.7 Å². The lowest BCUT2D eigenvalue weighted by atomic mass is 10.0. The number of nitrogens with one attached hydrogen (secondary N) is 2. The van der Waals surface area contributed by atoms with Crippen LogP contribution in [-0.2, 0) is 19.2 Å². The zero-order chi connectivity index (χ0) is 22.0. The fourth-order valence-electron chi connectivity index (χ4n) is 1.94. The van der Waals surface area contributed by atoms with Crippen LogP contribution in [0.4, 0.5) is 0 Å². The quantitative estimate of drug-likeness (QED) is 0.161. The predicted octanol–water partition coefficient (Wildman–Crippen LogP) is -0.527. The van der Waals surface area contributed by atoms with Crippen LogP contribution in [0, 0.1) is 11.8 Å². The Labute approximate surface area is 172 Å². The Balaban J connectivity index is 4.32. The van der Waals surface area contributed by atoms with E-state index in [1.165, 1.54) is 21.6 Å². The van der Waals surface area contributed by atoms with Crippen LogP contribution >= 0.6 is 21.6 Å². The maximum Gasteiger partial charge on any atom is 0.326 e. The van der Waals surface area contributed by atoms with Gasteiger partial charge in [-0.15, -0.1) is 0 Å². The number of hydrogen-bond acceptors (Lipinski definition) is 8. The van der Waals surface area contributed by atoms with Crippen molar-refractivity contribution in [1.29, 1.82) is 0 Å². The molecule has 4 atom stereocenters. The summed E-state index contributed by atoms with van der Waals surface area (Å²) in [5.74, 6) is -3.58. The molecule has 0 aromatic heterocycles. The monoisotopic (exact) mass is 438 g/mol. The number of aliphatic carboxylic acids is 2. The zero-order valence-corrected chi connectivity index (χ0v) is 18.0. The van der Waals surface area contributed by atoms with Gasteiger partial charge in [0.15, 0.2) is 0 Å². The van der Waals surface area contributed by atoms with Crippen molar-refractivity contribution in [3.63, 3.8) is 0 Å². The summed E-state index contributed by atoms with van der Waals surface area (Å²) < 4.78 is 0. The summed E-state index contributed by atoms with van der Waals surface area (Å²) in [5, 5.41) is 22.9. The van der Waals surface area contributed by atoms with E-state index in [-0.39, 0.29) is 23.3 Å². The number of amides is 2. The van der Waals surface area contributed by atoms with Crippen molar-refractivity contribution in [1.82, 2.24) is 10.6 Å². The van der Waals surface area contributed by atoms with E-state index in [1.807, 2.05) is 0 Å². The van der Waals surface area contributed by atoms with Gasteiger partial charge in [0.25, 0.3) is 0 Å². The maximum absolute atomic E-state index is 12.0.